The molecule has 4 rings (SSSR count). The fourth-order valence-electron chi connectivity index (χ4n) is 2.54. The van der Waals surface area contributed by atoms with Gasteiger partial charge in [-0.2, -0.15) is 4.98 Å². The van der Waals surface area contributed by atoms with E-state index in [1.165, 1.54) is 0 Å². The van der Waals surface area contributed by atoms with Crippen LogP contribution in [0.4, 0.5) is 23.3 Å². The van der Waals surface area contributed by atoms with Crippen molar-refractivity contribution in [2.75, 3.05) is 10.6 Å². The molecule has 2 heterocycles. The minimum Gasteiger partial charge on any atom is -0.360 e. The molecule has 0 saturated carbocycles. The molecule has 2 aromatic heterocycles. The predicted molar refractivity (Wildman–Crippen MR) is 107 cm³/mol. The third-order valence-electron chi connectivity index (χ3n) is 3.78. The molecule has 0 fully saturated rings. The third-order valence-corrected chi connectivity index (χ3v) is 4.03. The summed E-state index contributed by atoms with van der Waals surface area (Å²) in [5.74, 6) is 2.32. The summed E-state index contributed by atoms with van der Waals surface area (Å²) in [4.78, 5) is 9.13. The predicted octanol–water partition coefficient (Wildman–Crippen LogP) is 5.58. The Balaban J connectivity index is 1.70. The molecule has 0 spiro atoms. The molecular formula is C20H16ClN5O. The molecule has 4 aromatic rings. The minimum absolute atomic E-state index is 0.418. The van der Waals surface area contributed by atoms with Crippen molar-refractivity contribution in [3.8, 4) is 11.3 Å². The number of halogens is 1. The van der Waals surface area contributed by atoms with E-state index >= 15 is 0 Å². The molecule has 0 amide bonds. The second-order valence-corrected chi connectivity index (χ2v) is 6.34. The number of nitrogens with zero attached hydrogens (tertiary/aromatic N) is 3. The van der Waals surface area contributed by atoms with Gasteiger partial charge < -0.3 is 15.2 Å². The Morgan fingerprint density at radius 2 is 1.63 bits per heavy atom. The Morgan fingerprint density at radius 1 is 0.852 bits per heavy atom. The average Bonchev–Trinajstić information content (AvgIpc) is 3.09. The Kier molecular flexibility index (Phi) is 4.72. The van der Waals surface area contributed by atoms with Gasteiger partial charge in [-0.3, -0.25) is 0 Å². The molecule has 0 aliphatic heterocycles. The van der Waals surface area contributed by atoms with Crippen molar-refractivity contribution >= 4 is 34.9 Å². The normalized spacial score (nSPS) is 10.6. The van der Waals surface area contributed by atoms with Crippen LogP contribution in [-0.4, -0.2) is 15.1 Å². The summed E-state index contributed by atoms with van der Waals surface area (Å²) >= 11 is 5.96. The fourth-order valence-corrected chi connectivity index (χ4v) is 2.67. The van der Waals surface area contributed by atoms with E-state index in [9.17, 15) is 0 Å². The van der Waals surface area contributed by atoms with Gasteiger partial charge in [0.1, 0.15) is 11.6 Å². The van der Waals surface area contributed by atoms with Crippen LogP contribution < -0.4 is 10.6 Å². The standard InChI is InChI=1S/C20H16ClN5O/c1-13-11-19(26-27-13)25-20-23-17(14-5-3-2-4-6-14)12-18(24-20)22-16-9-7-15(21)8-10-16/h2-12H,1H3,(H2,22,23,24,25,26). The lowest BCUT2D eigenvalue weighted by Crippen LogP contribution is -2.02. The van der Waals surface area contributed by atoms with Crippen LogP contribution in [0, 0.1) is 6.92 Å². The van der Waals surface area contributed by atoms with Crippen molar-refractivity contribution in [2.24, 2.45) is 0 Å². The third kappa shape index (κ3) is 4.24. The summed E-state index contributed by atoms with van der Waals surface area (Å²) in [6.07, 6.45) is 0. The number of aromatic nitrogens is 3. The van der Waals surface area contributed by atoms with Gasteiger partial charge in [0.2, 0.25) is 5.95 Å². The van der Waals surface area contributed by atoms with Crippen molar-refractivity contribution in [1.82, 2.24) is 15.1 Å². The molecule has 27 heavy (non-hydrogen) atoms. The largest absolute Gasteiger partial charge is 0.360 e. The molecule has 7 heteroatoms. The molecule has 6 nitrogen and oxygen atoms in total. The lowest BCUT2D eigenvalue weighted by Gasteiger charge is -2.10. The zero-order chi connectivity index (χ0) is 18.6. The first-order valence-corrected chi connectivity index (χ1v) is 8.71. The van der Waals surface area contributed by atoms with Crippen molar-refractivity contribution in [3.63, 3.8) is 0 Å². The highest BCUT2D eigenvalue weighted by molar-refractivity contribution is 6.30. The average molecular weight is 378 g/mol. The van der Waals surface area contributed by atoms with Gasteiger partial charge in [-0.05, 0) is 31.2 Å². The number of benzene rings is 2. The Labute approximate surface area is 161 Å². The van der Waals surface area contributed by atoms with E-state index in [1.807, 2.05) is 67.6 Å². The maximum atomic E-state index is 5.96. The van der Waals surface area contributed by atoms with Gasteiger partial charge in [-0.1, -0.05) is 47.1 Å². The maximum absolute atomic E-state index is 5.96. The van der Waals surface area contributed by atoms with Crippen LogP contribution in [0.1, 0.15) is 5.76 Å². The molecule has 0 aliphatic carbocycles. The fraction of sp³-hybridized carbons (Fsp3) is 0.0500. The molecule has 2 N–H and O–H groups in total. The van der Waals surface area contributed by atoms with Gasteiger partial charge in [-0.25, -0.2) is 4.98 Å². The maximum Gasteiger partial charge on any atom is 0.231 e. The van der Waals surface area contributed by atoms with E-state index < -0.39 is 0 Å². The molecule has 0 radical (unpaired) electrons. The van der Waals surface area contributed by atoms with E-state index in [1.54, 1.807) is 6.07 Å². The van der Waals surface area contributed by atoms with E-state index in [0.29, 0.717) is 28.4 Å². The highest BCUT2D eigenvalue weighted by Crippen LogP contribution is 2.25. The number of nitrogens with one attached hydrogen (secondary N) is 2. The smallest absolute Gasteiger partial charge is 0.231 e. The highest BCUT2D eigenvalue weighted by Gasteiger charge is 2.09. The van der Waals surface area contributed by atoms with Crippen LogP contribution in [-0.2, 0) is 0 Å². The monoisotopic (exact) mass is 377 g/mol. The van der Waals surface area contributed by atoms with E-state index in [4.69, 9.17) is 16.1 Å². The zero-order valence-electron chi connectivity index (χ0n) is 14.5. The van der Waals surface area contributed by atoms with Crippen LogP contribution >= 0.6 is 11.6 Å². The number of rotatable bonds is 5. The van der Waals surface area contributed by atoms with Crippen LogP contribution in [0.2, 0.25) is 5.02 Å². The number of hydrogen-bond acceptors (Lipinski definition) is 6. The summed E-state index contributed by atoms with van der Waals surface area (Å²) in [5.41, 5.74) is 2.64. The topological polar surface area (TPSA) is 75.9 Å². The van der Waals surface area contributed by atoms with E-state index in [2.05, 4.69) is 25.8 Å². The second kappa shape index (κ2) is 7.47. The van der Waals surface area contributed by atoms with Crippen LogP contribution in [0.25, 0.3) is 11.3 Å². The molecule has 0 bridgehead atoms. The van der Waals surface area contributed by atoms with Crippen molar-refractivity contribution < 1.29 is 4.52 Å². The van der Waals surface area contributed by atoms with Crippen molar-refractivity contribution in [1.29, 1.82) is 0 Å². The molecule has 0 atom stereocenters. The Morgan fingerprint density at radius 3 is 2.33 bits per heavy atom. The lowest BCUT2D eigenvalue weighted by molar-refractivity contribution is 0.400. The zero-order valence-corrected chi connectivity index (χ0v) is 15.2. The van der Waals surface area contributed by atoms with Crippen molar-refractivity contribution in [3.05, 3.63) is 77.5 Å². The molecule has 134 valence electrons. The van der Waals surface area contributed by atoms with Crippen LogP contribution in [0.3, 0.4) is 0 Å². The molecule has 0 saturated heterocycles. The van der Waals surface area contributed by atoms with Crippen LogP contribution in [0.5, 0.6) is 0 Å². The lowest BCUT2D eigenvalue weighted by atomic mass is 10.1. The van der Waals surface area contributed by atoms with Crippen LogP contribution in [0.15, 0.2) is 71.3 Å². The van der Waals surface area contributed by atoms with E-state index in [0.717, 1.165) is 16.9 Å². The first-order chi connectivity index (χ1) is 13.2. The first kappa shape index (κ1) is 17.1. The molecule has 0 unspecified atom stereocenters. The molecule has 2 aromatic carbocycles. The van der Waals surface area contributed by atoms with Gasteiger partial charge in [0.05, 0.1) is 5.69 Å². The first-order valence-electron chi connectivity index (χ1n) is 8.33. The summed E-state index contributed by atoms with van der Waals surface area (Å²) < 4.78 is 5.09. The number of anilines is 4. The number of aryl methyl sites for hydroxylation is 1. The van der Waals surface area contributed by atoms with Gasteiger partial charge in [0.15, 0.2) is 5.82 Å². The summed E-state index contributed by atoms with van der Waals surface area (Å²) in [6, 6.07) is 21.0. The van der Waals surface area contributed by atoms with Gasteiger partial charge in [0.25, 0.3) is 0 Å². The Bertz CT molecular complexity index is 1050. The number of hydrogen-bond donors (Lipinski definition) is 2. The van der Waals surface area contributed by atoms with Gasteiger partial charge in [0, 0.05) is 28.4 Å². The van der Waals surface area contributed by atoms with Gasteiger partial charge >= 0.3 is 0 Å². The highest BCUT2D eigenvalue weighted by atomic mass is 35.5. The summed E-state index contributed by atoms with van der Waals surface area (Å²) in [7, 11) is 0. The minimum atomic E-state index is 0.418. The second-order valence-electron chi connectivity index (χ2n) is 5.91. The summed E-state index contributed by atoms with van der Waals surface area (Å²) in [6.45, 7) is 1.83. The Hall–Kier alpha value is -3.38. The quantitative estimate of drug-likeness (QED) is 0.472. The van der Waals surface area contributed by atoms with Crippen molar-refractivity contribution in [2.45, 2.75) is 6.92 Å². The SMILES string of the molecule is Cc1cc(Nc2nc(Nc3ccc(Cl)cc3)cc(-c3ccccc3)n2)no1. The molecule has 0 aliphatic rings. The van der Waals surface area contributed by atoms with Gasteiger partial charge in [-0.15, -0.1) is 0 Å². The molecular weight excluding hydrogens is 362 g/mol. The summed E-state index contributed by atoms with van der Waals surface area (Å²) in [5, 5.41) is 11.0. The van der Waals surface area contributed by atoms with E-state index in [-0.39, 0.29) is 0 Å².